The third-order valence-corrected chi connectivity index (χ3v) is 4.22. The van der Waals surface area contributed by atoms with Gasteiger partial charge < -0.3 is 20.7 Å². The summed E-state index contributed by atoms with van der Waals surface area (Å²) < 4.78 is 5.64. The van der Waals surface area contributed by atoms with Crippen LogP contribution >= 0.6 is 11.6 Å². The average molecular weight is 418 g/mol. The highest BCUT2D eigenvalue weighted by Gasteiger charge is 2.09. The molecule has 7 heteroatoms. The first-order valence-electron chi connectivity index (χ1n) is 9.73. The minimum Gasteiger partial charge on any atom is -0.493 e. The van der Waals surface area contributed by atoms with Crippen LogP contribution in [0.2, 0.25) is 5.02 Å². The van der Waals surface area contributed by atoms with Gasteiger partial charge >= 0.3 is 0 Å². The molecule has 2 amide bonds. The third kappa shape index (κ3) is 8.03. The maximum Gasteiger partial charge on any atom is 0.243 e. The Hall–Kier alpha value is -2.73. The van der Waals surface area contributed by atoms with E-state index in [2.05, 4.69) is 29.8 Å². The predicted octanol–water partition coefficient (Wildman–Crippen LogP) is 5.16. The maximum atomic E-state index is 12.3. The average Bonchev–Trinajstić information content (AvgIpc) is 2.68. The van der Waals surface area contributed by atoms with Crippen molar-refractivity contribution < 1.29 is 14.3 Å². The summed E-state index contributed by atoms with van der Waals surface area (Å²) in [5, 5.41) is 9.01. The fourth-order valence-corrected chi connectivity index (χ4v) is 2.62. The Balaban J connectivity index is 1.88. The van der Waals surface area contributed by atoms with E-state index < -0.39 is 0 Å². The molecule has 0 aromatic heterocycles. The van der Waals surface area contributed by atoms with E-state index in [1.807, 2.05) is 31.2 Å². The molecule has 0 radical (unpaired) electrons. The van der Waals surface area contributed by atoms with Crippen LogP contribution in [0.3, 0.4) is 0 Å². The molecule has 0 aliphatic heterocycles. The molecule has 0 bridgehead atoms. The van der Waals surface area contributed by atoms with Crippen LogP contribution in [0.5, 0.6) is 5.75 Å². The van der Waals surface area contributed by atoms with Gasteiger partial charge in [-0.25, -0.2) is 0 Å². The number of benzene rings is 2. The molecule has 0 fully saturated rings. The van der Waals surface area contributed by atoms with E-state index in [0.717, 1.165) is 17.9 Å². The van der Waals surface area contributed by atoms with E-state index in [1.54, 1.807) is 18.2 Å². The highest BCUT2D eigenvalue weighted by Crippen LogP contribution is 2.26. The molecule has 0 saturated carbocycles. The summed E-state index contributed by atoms with van der Waals surface area (Å²) in [4.78, 5) is 24.0. The molecule has 0 saturated heterocycles. The number of ether oxygens (including phenoxy) is 1. The zero-order chi connectivity index (χ0) is 21.2. The Morgan fingerprint density at radius 3 is 2.34 bits per heavy atom. The summed E-state index contributed by atoms with van der Waals surface area (Å²) in [6.07, 6.45) is 1.20. The standard InChI is InChI=1S/C22H28ClN3O3/c1-4-5-21(27)25-17-8-11-19(23)20(12-17)26-22(28)13-24-16-6-9-18(10-7-16)29-14-15(2)3/h6-12,15,24H,4-5,13-14H2,1-3H3,(H,25,27)(H,26,28). The Labute approximate surface area is 177 Å². The van der Waals surface area contributed by atoms with Gasteiger partial charge in [0.05, 0.1) is 23.9 Å². The van der Waals surface area contributed by atoms with E-state index >= 15 is 0 Å². The fourth-order valence-electron chi connectivity index (χ4n) is 2.46. The van der Waals surface area contributed by atoms with Crippen molar-refractivity contribution in [3.8, 4) is 5.75 Å². The van der Waals surface area contributed by atoms with Crippen molar-refractivity contribution in [2.45, 2.75) is 33.6 Å². The number of nitrogens with one attached hydrogen (secondary N) is 3. The number of anilines is 3. The van der Waals surface area contributed by atoms with Crippen molar-refractivity contribution >= 4 is 40.5 Å². The number of hydrogen-bond donors (Lipinski definition) is 3. The topological polar surface area (TPSA) is 79.5 Å². The van der Waals surface area contributed by atoms with E-state index in [9.17, 15) is 9.59 Å². The first-order chi connectivity index (χ1) is 13.9. The molecule has 0 heterocycles. The van der Waals surface area contributed by atoms with Gasteiger partial charge in [0.25, 0.3) is 0 Å². The molecule has 29 heavy (non-hydrogen) atoms. The highest BCUT2D eigenvalue weighted by atomic mass is 35.5. The Kier molecular flexibility index (Phi) is 8.80. The van der Waals surface area contributed by atoms with Gasteiger partial charge in [0.15, 0.2) is 0 Å². The molecule has 2 rings (SSSR count). The van der Waals surface area contributed by atoms with Crippen LogP contribution in [0.1, 0.15) is 33.6 Å². The van der Waals surface area contributed by atoms with Crippen molar-refractivity contribution in [2.75, 3.05) is 29.1 Å². The number of halogens is 1. The summed E-state index contributed by atoms with van der Waals surface area (Å²) in [5.74, 6) is 0.933. The second-order valence-corrected chi connectivity index (χ2v) is 7.53. The highest BCUT2D eigenvalue weighted by molar-refractivity contribution is 6.33. The number of carbonyl (C=O) groups excluding carboxylic acids is 2. The molecule has 2 aromatic carbocycles. The molecule has 2 aromatic rings. The molecule has 0 aliphatic carbocycles. The van der Waals surface area contributed by atoms with Crippen LogP contribution in [0.4, 0.5) is 17.1 Å². The number of amides is 2. The summed E-state index contributed by atoms with van der Waals surface area (Å²) in [5.41, 5.74) is 1.85. The van der Waals surface area contributed by atoms with E-state index in [0.29, 0.717) is 35.3 Å². The van der Waals surface area contributed by atoms with E-state index in [-0.39, 0.29) is 18.4 Å². The molecular weight excluding hydrogens is 390 g/mol. The van der Waals surface area contributed by atoms with Crippen molar-refractivity contribution in [3.05, 3.63) is 47.5 Å². The quantitative estimate of drug-likeness (QED) is 0.498. The van der Waals surface area contributed by atoms with Crippen LogP contribution in [-0.4, -0.2) is 25.0 Å². The van der Waals surface area contributed by atoms with Crippen LogP contribution in [-0.2, 0) is 9.59 Å². The van der Waals surface area contributed by atoms with E-state index in [4.69, 9.17) is 16.3 Å². The molecular formula is C22H28ClN3O3. The Morgan fingerprint density at radius 2 is 1.69 bits per heavy atom. The lowest BCUT2D eigenvalue weighted by molar-refractivity contribution is -0.116. The fraction of sp³-hybridized carbons (Fsp3) is 0.364. The Morgan fingerprint density at radius 1 is 1.00 bits per heavy atom. The zero-order valence-corrected chi connectivity index (χ0v) is 17.8. The van der Waals surface area contributed by atoms with Gasteiger partial charge in [-0.2, -0.15) is 0 Å². The monoisotopic (exact) mass is 417 g/mol. The molecule has 3 N–H and O–H groups in total. The first-order valence-corrected chi connectivity index (χ1v) is 10.1. The molecule has 6 nitrogen and oxygen atoms in total. The largest absolute Gasteiger partial charge is 0.493 e. The maximum absolute atomic E-state index is 12.3. The SMILES string of the molecule is CCCC(=O)Nc1ccc(Cl)c(NC(=O)CNc2ccc(OCC(C)C)cc2)c1. The second kappa shape index (κ2) is 11.3. The number of hydrogen-bond acceptors (Lipinski definition) is 4. The van der Waals surface area contributed by atoms with Crippen molar-refractivity contribution in [1.82, 2.24) is 0 Å². The normalized spacial score (nSPS) is 10.5. The lowest BCUT2D eigenvalue weighted by Crippen LogP contribution is -2.22. The molecule has 0 spiro atoms. The molecule has 0 unspecified atom stereocenters. The van der Waals surface area contributed by atoms with Gasteiger partial charge in [0.2, 0.25) is 11.8 Å². The Bertz CT molecular complexity index is 823. The molecule has 156 valence electrons. The van der Waals surface area contributed by atoms with Gasteiger partial charge in [0.1, 0.15) is 5.75 Å². The predicted molar refractivity (Wildman–Crippen MR) is 119 cm³/mol. The summed E-state index contributed by atoms with van der Waals surface area (Å²) >= 11 is 6.16. The van der Waals surface area contributed by atoms with Crippen molar-refractivity contribution in [2.24, 2.45) is 5.92 Å². The second-order valence-electron chi connectivity index (χ2n) is 7.12. The van der Waals surface area contributed by atoms with Crippen molar-refractivity contribution in [1.29, 1.82) is 0 Å². The number of rotatable bonds is 10. The third-order valence-electron chi connectivity index (χ3n) is 3.89. The van der Waals surface area contributed by atoms with Crippen LogP contribution in [0, 0.1) is 5.92 Å². The van der Waals surface area contributed by atoms with Gasteiger partial charge in [0, 0.05) is 17.8 Å². The zero-order valence-electron chi connectivity index (χ0n) is 17.0. The van der Waals surface area contributed by atoms with Gasteiger partial charge in [-0.1, -0.05) is 32.4 Å². The summed E-state index contributed by atoms with van der Waals surface area (Å²) in [6.45, 7) is 6.86. The lowest BCUT2D eigenvalue weighted by atomic mass is 10.2. The summed E-state index contributed by atoms with van der Waals surface area (Å²) in [6, 6.07) is 12.4. The van der Waals surface area contributed by atoms with Gasteiger partial charge in [-0.05, 0) is 54.8 Å². The van der Waals surface area contributed by atoms with E-state index in [1.165, 1.54) is 0 Å². The van der Waals surface area contributed by atoms with Crippen LogP contribution < -0.4 is 20.7 Å². The number of carbonyl (C=O) groups is 2. The first kappa shape index (κ1) is 22.6. The minimum absolute atomic E-state index is 0.0745. The lowest BCUT2D eigenvalue weighted by Gasteiger charge is -2.12. The summed E-state index contributed by atoms with van der Waals surface area (Å²) in [7, 11) is 0. The molecule has 0 atom stereocenters. The minimum atomic E-state index is -0.246. The van der Waals surface area contributed by atoms with Crippen LogP contribution in [0.15, 0.2) is 42.5 Å². The van der Waals surface area contributed by atoms with Crippen LogP contribution in [0.25, 0.3) is 0 Å². The molecule has 0 aliphatic rings. The van der Waals surface area contributed by atoms with Crippen molar-refractivity contribution in [3.63, 3.8) is 0 Å². The smallest absolute Gasteiger partial charge is 0.243 e. The van der Waals surface area contributed by atoms with Gasteiger partial charge in [-0.3, -0.25) is 9.59 Å². The van der Waals surface area contributed by atoms with Gasteiger partial charge in [-0.15, -0.1) is 0 Å².